The number of hydrogen-bond acceptors (Lipinski definition) is 2. The number of nitrogens with one attached hydrogen (secondary N) is 1. The van der Waals surface area contributed by atoms with Gasteiger partial charge in [0.05, 0.1) is 6.04 Å². The summed E-state index contributed by atoms with van der Waals surface area (Å²) in [6, 6.07) is 18.0. The van der Waals surface area contributed by atoms with Crippen molar-refractivity contribution >= 4 is 17.4 Å². The molecule has 0 amide bonds. The van der Waals surface area contributed by atoms with E-state index in [1.807, 2.05) is 11.8 Å². The van der Waals surface area contributed by atoms with Crippen LogP contribution in [-0.4, -0.2) is 5.75 Å². The molecule has 1 aliphatic rings. The normalized spacial score (nSPS) is 17.9. The Bertz CT molecular complexity index is 596. The van der Waals surface area contributed by atoms with Crippen LogP contribution in [0.2, 0.25) is 0 Å². The second kappa shape index (κ2) is 5.17. The Morgan fingerprint density at radius 2 is 1.70 bits per heavy atom. The maximum Gasteiger partial charge on any atom is 0.0618 e. The van der Waals surface area contributed by atoms with E-state index in [1.165, 1.54) is 21.7 Å². The molecule has 0 aliphatic carbocycles. The number of hydrogen-bond donors (Lipinski definition) is 1. The van der Waals surface area contributed by atoms with E-state index < -0.39 is 0 Å². The molecule has 20 heavy (non-hydrogen) atoms. The van der Waals surface area contributed by atoms with E-state index in [1.54, 1.807) is 0 Å². The highest BCUT2D eigenvalue weighted by molar-refractivity contribution is 7.99. The van der Waals surface area contributed by atoms with Gasteiger partial charge < -0.3 is 5.32 Å². The van der Waals surface area contributed by atoms with Gasteiger partial charge in [-0.25, -0.2) is 0 Å². The van der Waals surface area contributed by atoms with Gasteiger partial charge in [-0.15, -0.1) is 11.8 Å². The van der Waals surface area contributed by atoms with Crippen molar-refractivity contribution in [3.8, 4) is 0 Å². The summed E-state index contributed by atoms with van der Waals surface area (Å²) < 4.78 is 0. The van der Waals surface area contributed by atoms with Crippen molar-refractivity contribution in [3.05, 3.63) is 59.7 Å². The second-order valence-corrected chi connectivity index (χ2v) is 7.43. The molecule has 104 valence electrons. The molecule has 0 saturated carbocycles. The zero-order valence-electron chi connectivity index (χ0n) is 12.3. The van der Waals surface area contributed by atoms with Crippen LogP contribution in [0.1, 0.15) is 37.9 Å². The lowest BCUT2D eigenvalue weighted by atomic mass is 9.87. The molecule has 0 bridgehead atoms. The number of rotatable bonds is 2. The van der Waals surface area contributed by atoms with Crippen molar-refractivity contribution in [3.63, 3.8) is 0 Å². The summed E-state index contributed by atoms with van der Waals surface area (Å²) in [6.07, 6.45) is 0. The Balaban J connectivity index is 1.76. The van der Waals surface area contributed by atoms with Crippen molar-refractivity contribution in [2.45, 2.75) is 37.1 Å². The first-order chi connectivity index (χ1) is 9.54. The second-order valence-electron chi connectivity index (χ2n) is 6.37. The van der Waals surface area contributed by atoms with Gasteiger partial charge in [0.25, 0.3) is 0 Å². The minimum absolute atomic E-state index is 0.217. The maximum absolute atomic E-state index is 3.65. The predicted octanol–water partition coefficient (Wildman–Crippen LogP) is 5.24. The number of fused-ring (bicyclic) bond motifs is 1. The fourth-order valence-electron chi connectivity index (χ4n) is 2.55. The minimum Gasteiger partial charge on any atom is -0.377 e. The zero-order chi connectivity index (χ0) is 14.2. The van der Waals surface area contributed by atoms with Gasteiger partial charge in [0.1, 0.15) is 0 Å². The molecule has 0 fully saturated rings. The summed E-state index contributed by atoms with van der Waals surface area (Å²) in [5.74, 6) is 1.11. The molecule has 0 saturated heterocycles. The number of benzene rings is 2. The number of thioether (sulfide) groups is 1. The van der Waals surface area contributed by atoms with Crippen LogP contribution in [0.15, 0.2) is 53.4 Å². The molecule has 1 heterocycles. The molecule has 2 aromatic rings. The average molecular weight is 283 g/mol. The standard InChI is InChI=1S/C18H21NS/c1-18(2,3)13-8-10-14(11-9-13)19-16-12-20-17-7-5-4-6-15(16)17/h4-11,16,19H,12H2,1-3H3. The summed E-state index contributed by atoms with van der Waals surface area (Å²) in [4.78, 5) is 1.41. The Kier molecular flexibility index (Phi) is 3.51. The van der Waals surface area contributed by atoms with Crippen LogP contribution in [0.4, 0.5) is 5.69 Å². The topological polar surface area (TPSA) is 12.0 Å². The van der Waals surface area contributed by atoms with Crippen LogP contribution in [0, 0.1) is 0 Å². The van der Waals surface area contributed by atoms with Gasteiger partial charge in [0, 0.05) is 16.3 Å². The van der Waals surface area contributed by atoms with Crippen LogP contribution in [0.3, 0.4) is 0 Å². The Labute approximate surface area is 125 Å². The Morgan fingerprint density at radius 1 is 1.00 bits per heavy atom. The van der Waals surface area contributed by atoms with E-state index in [-0.39, 0.29) is 5.41 Å². The molecule has 0 spiro atoms. The quantitative estimate of drug-likeness (QED) is 0.808. The van der Waals surface area contributed by atoms with Gasteiger partial charge in [-0.05, 0) is 34.7 Å². The molecule has 2 heteroatoms. The predicted molar refractivity (Wildman–Crippen MR) is 88.7 cm³/mol. The third kappa shape index (κ3) is 2.71. The van der Waals surface area contributed by atoms with Crippen LogP contribution in [-0.2, 0) is 5.41 Å². The van der Waals surface area contributed by atoms with Crippen LogP contribution in [0.25, 0.3) is 0 Å². The number of anilines is 1. The van der Waals surface area contributed by atoms with Crippen molar-refractivity contribution < 1.29 is 0 Å². The van der Waals surface area contributed by atoms with Gasteiger partial charge in [-0.2, -0.15) is 0 Å². The fourth-order valence-corrected chi connectivity index (χ4v) is 3.71. The van der Waals surface area contributed by atoms with Crippen LogP contribution in [0.5, 0.6) is 0 Å². The highest BCUT2D eigenvalue weighted by Gasteiger charge is 2.22. The lowest BCUT2D eigenvalue weighted by molar-refractivity contribution is 0.590. The summed E-state index contributed by atoms with van der Waals surface area (Å²) in [6.45, 7) is 6.75. The molecule has 3 rings (SSSR count). The highest BCUT2D eigenvalue weighted by Crippen LogP contribution is 2.39. The largest absolute Gasteiger partial charge is 0.377 e. The molecule has 0 radical (unpaired) electrons. The fraction of sp³-hybridized carbons (Fsp3) is 0.333. The van der Waals surface area contributed by atoms with Crippen molar-refractivity contribution in [1.82, 2.24) is 0 Å². The first-order valence-corrected chi connectivity index (χ1v) is 8.11. The third-order valence-electron chi connectivity index (χ3n) is 3.79. The van der Waals surface area contributed by atoms with E-state index in [4.69, 9.17) is 0 Å². The minimum atomic E-state index is 0.217. The first-order valence-electron chi connectivity index (χ1n) is 7.13. The summed E-state index contributed by atoms with van der Waals surface area (Å²) in [7, 11) is 0. The molecule has 1 aliphatic heterocycles. The van der Waals surface area contributed by atoms with E-state index in [2.05, 4.69) is 74.6 Å². The molecule has 1 N–H and O–H groups in total. The molecule has 0 aromatic heterocycles. The molecular formula is C18H21NS. The van der Waals surface area contributed by atoms with Gasteiger partial charge >= 0.3 is 0 Å². The SMILES string of the molecule is CC(C)(C)c1ccc(NC2CSc3ccccc32)cc1. The molecule has 1 unspecified atom stereocenters. The lowest BCUT2D eigenvalue weighted by Crippen LogP contribution is -2.12. The summed E-state index contributed by atoms with van der Waals surface area (Å²) in [5.41, 5.74) is 4.23. The van der Waals surface area contributed by atoms with Crippen molar-refractivity contribution in [2.75, 3.05) is 11.1 Å². The summed E-state index contributed by atoms with van der Waals surface area (Å²) >= 11 is 1.94. The molecular weight excluding hydrogens is 262 g/mol. The van der Waals surface area contributed by atoms with Gasteiger partial charge in [0.15, 0.2) is 0 Å². The van der Waals surface area contributed by atoms with Crippen molar-refractivity contribution in [1.29, 1.82) is 0 Å². The van der Waals surface area contributed by atoms with Gasteiger partial charge in [0.2, 0.25) is 0 Å². The van der Waals surface area contributed by atoms with E-state index in [0.717, 1.165) is 5.75 Å². The average Bonchev–Trinajstić information content (AvgIpc) is 2.82. The third-order valence-corrected chi connectivity index (χ3v) is 4.97. The Hall–Kier alpha value is -1.41. The van der Waals surface area contributed by atoms with E-state index >= 15 is 0 Å². The summed E-state index contributed by atoms with van der Waals surface area (Å²) in [5, 5.41) is 3.65. The Morgan fingerprint density at radius 3 is 2.40 bits per heavy atom. The lowest BCUT2D eigenvalue weighted by Gasteiger charge is -2.20. The monoisotopic (exact) mass is 283 g/mol. The first kappa shape index (κ1) is 13.6. The zero-order valence-corrected chi connectivity index (χ0v) is 13.1. The van der Waals surface area contributed by atoms with Crippen LogP contribution >= 0.6 is 11.8 Å². The highest BCUT2D eigenvalue weighted by atomic mass is 32.2. The van der Waals surface area contributed by atoms with Crippen LogP contribution < -0.4 is 5.32 Å². The van der Waals surface area contributed by atoms with Gasteiger partial charge in [-0.1, -0.05) is 51.1 Å². The molecule has 1 atom stereocenters. The van der Waals surface area contributed by atoms with E-state index in [9.17, 15) is 0 Å². The maximum atomic E-state index is 3.65. The van der Waals surface area contributed by atoms with Gasteiger partial charge in [-0.3, -0.25) is 0 Å². The smallest absolute Gasteiger partial charge is 0.0618 e. The molecule has 1 nitrogen and oxygen atoms in total. The van der Waals surface area contributed by atoms with Crippen molar-refractivity contribution in [2.24, 2.45) is 0 Å². The van der Waals surface area contributed by atoms with E-state index in [0.29, 0.717) is 6.04 Å². The molecule has 2 aromatic carbocycles.